The predicted octanol–water partition coefficient (Wildman–Crippen LogP) is 2.60. The van der Waals surface area contributed by atoms with Gasteiger partial charge in [0.1, 0.15) is 17.4 Å². The Labute approximate surface area is 150 Å². The molecular formula is C18H18N6O2. The second-order valence-corrected chi connectivity index (χ2v) is 6.21. The highest BCUT2D eigenvalue weighted by Crippen LogP contribution is 2.32. The van der Waals surface area contributed by atoms with Crippen molar-refractivity contribution in [3.8, 4) is 11.6 Å². The summed E-state index contributed by atoms with van der Waals surface area (Å²) in [5.41, 5.74) is 1.75. The lowest BCUT2D eigenvalue weighted by atomic mass is 10.0. The Morgan fingerprint density at radius 1 is 1.15 bits per heavy atom. The Balaban J connectivity index is 1.61. The molecule has 1 amide bonds. The average Bonchev–Trinajstić information content (AvgIpc) is 3.19. The molecule has 0 saturated carbocycles. The normalized spacial score (nSPS) is 17.3. The van der Waals surface area contributed by atoms with Crippen LogP contribution >= 0.6 is 0 Å². The topological polar surface area (TPSA) is 97.9 Å². The fraction of sp³-hybridized carbons (Fsp3) is 0.333. The standard InChI is InChI=1S/C18H18N6O2/c1-12-10-21-14(11-20-12)16-22-23-17(26-16)15-7-3-5-9-24(15)18(25)13-6-2-4-8-19-13/h2,4,6,8,10-11,15H,3,5,7,9H2,1H3/t15-/m0/s1. The van der Waals surface area contributed by atoms with Crippen LogP contribution < -0.4 is 0 Å². The largest absolute Gasteiger partial charge is 0.417 e. The van der Waals surface area contributed by atoms with Crippen molar-refractivity contribution >= 4 is 5.91 Å². The van der Waals surface area contributed by atoms with Crippen molar-refractivity contribution in [3.63, 3.8) is 0 Å². The third-order valence-corrected chi connectivity index (χ3v) is 4.37. The SMILES string of the molecule is Cc1cnc(-c2nnc([C@@H]3CCCCN3C(=O)c3ccccn3)o2)cn1. The third-order valence-electron chi connectivity index (χ3n) is 4.37. The maximum absolute atomic E-state index is 12.8. The van der Waals surface area contributed by atoms with Gasteiger partial charge in [-0.25, -0.2) is 4.98 Å². The van der Waals surface area contributed by atoms with Crippen molar-refractivity contribution in [2.24, 2.45) is 0 Å². The van der Waals surface area contributed by atoms with Crippen molar-refractivity contribution in [1.29, 1.82) is 0 Å². The molecule has 1 fully saturated rings. The lowest BCUT2D eigenvalue weighted by Gasteiger charge is -2.33. The number of aromatic nitrogens is 5. The van der Waals surface area contributed by atoms with Gasteiger partial charge in [-0.15, -0.1) is 10.2 Å². The summed E-state index contributed by atoms with van der Waals surface area (Å²) in [6, 6.07) is 5.06. The Hall–Kier alpha value is -3.16. The molecule has 0 bridgehead atoms. The van der Waals surface area contributed by atoms with Gasteiger partial charge in [0.05, 0.1) is 11.9 Å². The second-order valence-electron chi connectivity index (χ2n) is 6.21. The first-order valence-corrected chi connectivity index (χ1v) is 8.57. The first kappa shape index (κ1) is 16.3. The van der Waals surface area contributed by atoms with E-state index in [0.29, 0.717) is 29.7 Å². The molecule has 4 heterocycles. The number of rotatable bonds is 3. The van der Waals surface area contributed by atoms with Crippen LogP contribution in [0.25, 0.3) is 11.6 Å². The smallest absolute Gasteiger partial charge is 0.273 e. The summed E-state index contributed by atoms with van der Waals surface area (Å²) in [4.78, 5) is 27.2. The van der Waals surface area contributed by atoms with Crippen molar-refractivity contribution in [3.05, 3.63) is 54.1 Å². The van der Waals surface area contributed by atoms with Crippen molar-refractivity contribution in [2.45, 2.75) is 32.2 Å². The van der Waals surface area contributed by atoms with Crippen LogP contribution in [0.5, 0.6) is 0 Å². The number of piperidine rings is 1. The molecule has 0 unspecified atom stereocenters. The molecular weight excluding hydrogens is 332 g/mol. The quantitative estimate of drug-likeness (QED) is 0.716. The summed E-state index contributed by atoms with van der Waals surface area (Å²) in [6.07, 6.45) is 7.59. The second kappa shape index (κ2) is 6.99. The fourth-order valence-electron chi connectivity index (χ4n) is 3.04. The van der Waals surface area contributed by atoms with Gasteiger partial charge in [-0.05, 0) is 38.3 Å². The zero-order valence-corrected chi connectivity index (χ0v) is 14.4. The highest BCUT2D eigenvalue weighted by atomic mass is 16.4. The van der Waals surface area contributed by atoms with E-state index in [2.05, 4.69) is 25.1 Å². The van der Waals surface area contributed by atoms with E-state index in [-0.39, 0.29) is 11.9 Å². The van der Waals surface area contributed by atoms with E-state index in [1.165, 1.54) is 0 Å². The highest BCUT2D eigenvalue weighted by molar-refractivity contribution is 5.92. The molecule has 1 atom stereocenters. The van der Waals surface area contributed by atoms with Crippen LogP contribution in [0.1, 0.15) is 47.4 Å². The Kier molecular flexibility index (Phi) is 4.39. The molecule has 26 heavy (non-hydrogen) atoms. The monoisotopic (exact) mass is 350 g/mol. The van der Waals surface area contributed by atoms with Gasteiger partial charge in [0.25, 0.3) is 11.8 Å². The number of hydrogen-bond acceptors (Lipinski definition) is 7. The molecule has 3 aromatic rings. The van der Waals surface area contributed by atoms with Crippen LogP contribution in [-0.2, 0) is 0 Å². The van der Waals surface area contributed by atoms with Gasteiger partial charge in [-0.2, -0.15) is 0 Å². The number of amides is 1. The molecule has 8 nitrogen and oxygen atoms in total. The van der Waals surface area contributed by atoms with Crippen LogP contribution in [-0.4, -0.2) is 42.5 Å². The number of likely N-dealkylation sites (tertiary alicyclic amines) is 1. The number of nitrogens with zero attached hydrogens (tertiary/aromatic N) is 6. The van der Waals surface area contributed by atoms with Gasteiger partial charge in [0.2, 0.25) is 5.89 Å². The van der Waals surface area contributed by atoms with Gasteiger partial charge in [0, 0.05) is 18.9 Å². The van der Waals surface area contributed by atoms with E-state index >= 15 is 0 Å². The maximum atomic E-state index is 12.8. The van der Waals surface area contributed by atoms with Crippen LogP contribution in [0, 0.1) is 6.92 Å². The predicted molar refractivity (Wildman–Crippen MR) is 91.9 cm³/mol. The minimum Gasteiger partial charge on any atom is -0.417 e. The van der Waals surface area contributed by atoms with Gasteiger partial charge in [0.15, 0.2) is 0 Å². The molecule has 0 spiro atoms. The molecule has 3 aromatic heterocycles. The third kappa shape index (κ3) is 3.17. The zero-order valence-electron chi connectivity index (χ0n) is 14.4. The van der Waals surface area contributed by atoms with E-state index in [0.717, 1.165) is 25.0 Å². The van der Waals surface area contributed by atoms with Gasteiger partial charge < -0.3 is 9.32 Å². The molecule has 1 aliphatic heterocycles. The molecule has 0 radical (unpaired) electrons. The first-order valence-electron chi connectivity index (χ1n) is 8.57. The summed E-state index contributed by atoms with van der Waals surface area (Å²) in [5.74, 6) is 0.611. The summed E-state index contributed by atoms with van der Waals surface area (Å²) in [5, 5.41) is 8.25. The molecule has 0 N–H and O–H groups in total. The number of carbonyl (C=O) groups excluding carboxylic acids is 1. The van der Waals surface area contributed by atoms with E-state index in [9.17, 15) is 4.79 Å². The van der Waals surface area contributed by atoms with Crippen LogP contribution in [0.2, 0.25) is 0 Å². The minimum absolute atomic E-state index is 0.120. The van der Waals surface area contributed by atoms with Crippen molar-refractivity contribution in [2.75, 3.05) is 6.54 Å². The summed E-state index contributed by atoms with van der Waals surface area (Å²) in [7, 11) is 0. The van der Waals surface area contributed by atoms with E-state index in [4.69, 9.17) is 4.42 Å². The Bertz CT molecular complexity index is 894. The Morgan fingerprint density at radius 3 is 2.85 bits per heavy atom. The van der Waals surface area contributed by atoms with Gasteiger partial charge in [-0.3, -0.25) is 14.8 Å². The number of carbonyl (C=O) groups is 1. The van der Waals surface area contributed by atoms with Crippen LogP contribution in [0.15, 0.2) is 41.2 Å². The fourth-order valence-corrected chi connectivity index (χ4v) is 3.04. The lowest BCUT2D eigenvalue weighted by molar-refractivity contribution is 0.0566. The van der Waals surface area contributed by atoms with Gasteiger partial charge >= 0.3 is 0 Å². The molecule has 1 saturated heterocycles. The molecule has 0 aromatic carbocycles. The van der Waals surface area contributed by atoms with Crippen molar-refractivity contribution in [1.82, 2.24) is 30.0 Å². The Morgan fingerprint density at radius 2 is 2.08 bits per heavy atom. The maximum Gasteiger partial charge on any atom is 0.273 e. The van der Waals surface area contributed by atoms with E-state index in [1.54, 1.807) is 41.7 Å². The van der Waals surface area contributed by atoms with Crippen LogP contribution in [0.3, 0.4) is 0 Å². The number of pyridine rings is 1. The first-order chi connectivity index (χ1) is 12.7. The summed E-state index contributed by atoms with van der Waals surface area (Å²) in [6.45, 7) is 2.50. The minimum atomic E-state index is -0.252. The lowest BCUT2D eigenvalue weighted by Crippen LogP contribution is -2.39. The van der Waals surface area contributed by atoms with Gasteiger partial charge in [-0.1, -0.05) is 6.07 Å². The summed E-state index contributed by atoms with van der Waals surface area (Å²) < 4.78 is 5.83. The van der Waals surface area contributed by atoms with Crippen LogP contribution in [0.4, 0.5) is 0 Å². The average molecular weight is 350 g/mol. The molecule has 0 aliphatic carbocycles. The van der Waals surface area contributed by atoms with E-state index in [1.807, 2.05) is 6.92 Å². The number of aryl methyl sites for hydroxylation is 1. The molecule has 1 aliphatic rings. The van der Waals surface area contributed by atoms with E-state index < -0.39 is 0 Å². The highest BCUT2D eigenvalue weighted by Gasteiger charge is 2.33. The molecule has 8 heteroatoms. The number of hydrogen-bond donors (Lipinski definition) is 0. The molecule has 4 rings (SSSR count). The van der Waals surface area contributed by atoms with Crippen molar-refractivity contribution < 1.29 is 9.21 Å². The zero-order chi connectivity index (χ0) is 17.9. The molecule has 132 valence electrons. The summed E-state index contributed by atoms with van der Waals surface area (Å²) >= 11 is 0.